The molecule has 0 bridgehead atoms. The van der Waals surface area contributed by atoms with Gasteiger partial charge in [0, 0.05) is 36.8 Å². The molecular formula is C11H11N3O2. The van der Waals surface area contributed by atoms with Crippen molar-refractivity contribution in [2.24, 2.45) is 12.2 Å². The van der Waals surface area contributed by atoms with Crippen LogP contribution in [0.25, 0.3) is 10.8 Å². The highest BCUT2D eigenvalue weighted by Crippen LogP contribution is 2.25. The quantitative estimate of drug-likeness (QED) is 0.782. The zero-order chi connectivity index (χ0) is 11.7. The zero-order valence-electron chi connectivity index (χ0n) is 9.02. The maximum Gasteiger partial charge on any atom is 0.258 e. The lowest BCUT2D eigenvalue weighted by atomic mass is 10.1. The van der Waals surface area contributed by atoms with E-state index in [0.717, 1.165) is 5.69 Å². The molecule has 2 aromatic rings. The summed E-state index contributed by atoms with van der Waals surface area (Å²) in [6.07, 6.45) is 1.44. The van der Waals surface area contributed by atoms with Crippen molar-refractivity contribution in [2.75, 3.05) is 12.4 Å². The Labute approximate surface area is 91.7 Å². The van der Waals surface area contributed by atoms with Crippen LogP contribution in [0.3, 0.4) is 0 Å². The molecule has 1 aromatic heterocycles. The predicted molar refractivity (Wildman–Crippen MR) is 64.2 cm³/mol. The summed E-state index contributed by atoms with van der Waals surface area (Å²) in [6, 6.07) is 5.23. The standard InChI is InChI=1S/C11H11N3O2/c1-12-7-3-4-8-9(5-7)10(13-16)6-14(2)11(8)15/h3-6,12H,1-2H3. The number of nitrogens with zero attached hydrogens (tertiary/aromatic N) is 2. The lowest BCUT2D eigenvalue weighted by molar-refractivity contribution is 0.873. The average molecular weight is 217 g/mol. The van der Waals surface area contributed by atoms with Gasteiger partial charge in [-0.25, -0.2) is 0 Å². The third kappa shape index (κ3) is 1.46. The highest BCUT2D eigenvalue weighted by atomic mass is 16.3. The minimum atomic E-state index is -0.134. The van der Waals surface area contributed by atoms with E-state index in [0.29, 0.717) is 10.8 Å². The van der Waals surface area contributed by atoms with Gasteiger partial charge in [-0.05, 0) is 23.4 Å². The molecule has 0 aliphatic heterocycles. The maximum atomic E-state index is 11.8. The van der Waals surface area contributed by atoms with E-state index >= 15 is 0 Å². The van der Waals surface area contributed by atoms with Crippen LogP contribution in [0.4, 0.5) is 11.4 Å². The predicted octanol–water partition coefficient (Wildman–Crippen LogP) is 1.98. The van der Waals surface area contributed by atoms with Gasteiger partial charge in [0.05, 0.1) is 0 Å². The van der Waals surface area contributed by atoms with Gasteiger partial charge in [0.25, 0.3) is 5.56 Å². The molecule has 0 amide bonds. The van der Waals surface area contributed by atoms with E-state index in [9.17, 15) is 9.70 Å². The highest BCUT2D eigenvalue weighted by Gasteiger charge is 2.07. The lowest BCUT2D eigenvalue weighted by Gasteiger charge is -2.06. The van der Waals surface area contributed by atoms with E-state index in [1.807, 2.05) is 0 Å². The highest BCUT2D eigenvalue weighted by molar-refractivity contribution is 5.93. The molecule has 5 heteroatoms. The van der Waals surface area contributed by atoms with E-state index in [2.05, 4.69) is 10.5 Å². The molecule has 0 atom stereocenters. The third-order valence-electron chi connectivity index (χ3n) is 2.55. The summed E-state index contributed by atoms with van der Waals surface area (Å²) in [7, 11) is 3.37. The molecule has 2 rings (SSSR count). The Hall–Kier alpha value is -2.17. The summed E-state index contributed by atoms with van der Waals surface area (Å²) in [5, 5.41) is 6.96. The number of fused-ring (bicyclic) bond motifs is 1. The molecule has 0 aliphatic carbocycles. The molecule has 0 saturated carbocycles. The topological polar surface area (TPSA) is 63.5 Å². The van der Waals surface area contributed by atoms with Crippen molar-refractivity contribution in [3.8, 4) is 0 Å². The van der Waals surface area contributed by atoms with Gasteiger partial charge in [-0.3, -0.25) is 4.79 Å². The molecule has 82 valence electrons. The van der Waals surface area contributed by atoms with Crippen molar-refractivity contribution in [1.29, 1.82) is 0 Å². The molecule has 0 unspecified atom stereocenters. The largest absolute Gasteiger partial charge is 0.388 e. The molecular weight excluding hydrogens is 206 g/mol. The number of pyridine rings is 1. The minimum absolute atomic E-state index is 0.134. The number of nitroso groups, excluding NO2 is 1. The van der Waals surface area contributed by atoms with Gasteiger partial charge in [-0.1, -0.05) is 0 Å². The number of aryl methyl sites for hydroxylation is 1. The Kier molecular flexibility index (Phi) is 2.44. The van der Waals surface area contributed by atoms with Crippen LogP contribution in [-0.4, -0.2) is 11.6 Å². The van der Waals surface area contributed by atoms with Crippen molar-refractivity contribution in [2.45, 2.75) is 0 Å². The van der Waals surface area contributed by atoms with Gasteiger partial charge in [-0.15, -0.1) is 4.91 Å². The van der Waals surface area contributed by atoms with Crippen LogP contribution in [0, 0.1) is 4.91 Å². The Morgan fingerprint density at radius 3 is 2.69 bits per heavy atom. The van der Waals surface area contributed by atoms with E-state index in [1.165, 1.54) is 10.8 Å². The molecule has 1 N–H and O–H groups in total. The average Bonchev–Trinajstić information content (AvgIpc) is 2.33. The molecule has 0 radical (unpaired) electrons. The van der Waals surface area contributed by atoms with Crippen molar-refractivity contribution >= 4 is 22.1 Å². The summed E-state index contributed by atoms with van der Waals surface area (Å²) in [6.45, 7) is 0. The first-order chi connectivity index (χ1) is 7.67. The first kappa shape index (κ1) is 10.4. The second-order valence-corrected chi connectivity index (χ2v) is 3.53. The molecule has 1 aromatic carbocycles. The molecule has 16 heavy (non-hydrogen) atoms. The fourth-order valence-electron chi connectivity index (χ4n) is 1.67. The number of hydrogen-bond acceptors (Lipinski definition) is 4. The van der Waals surface area contributed by atoms with E-state index in [1.54, 1.807) is 32.3 Å². The SMILES string of the molecule is CNc1ccc2c(=O)n(C)cc(N=O)c2c1. The smallest absolute Gasteiger partial charge is 0.258 e. The van der Waals surface area contributed by atoms with Crippen LogP contribution in [0.1, 0.15) is 0 Å². The van der Waals surface area contributed by atoms with Crippen LogP contribution in [0.2, 0.25) is 0 Å². The number of rotatable bonds is 2. The van der Waals surface area contributed by atoms with Crippen LogP contribution >= 0.6 is 0 Å². The molecule has 0 aliphatic rings. The Bertz CT molecular complexity index is 616. The molecule has 0 saturated heterocycles. The maximum absolute atomic E-state index is 11.8. The molecule has 0 fully saturated rings. The van der Waals surface area contributed by atoms with Crippen molar-refractivity contribution in [3.63, 3.8) is 0 Å². The monoisotopic (exact) mass is 217 g/mol. The fourth-order valence-corrected chi connectivity index (χ4v) is 1.67. The molecule has 5 nitrogen and oxygen atoms in total. The summed E-state index contributed by atoms with van der Waals surface area (Å²) in [5.41, 5.74) is 0.977. The summed E-state index contributed by atoms with van der Waals surface area (Å²) in [4.78, 5) is 22.5. The normalized spacial score (nSPS) is 10.4. The Morgan fingerprint density at radius 2 is 2.06 bits per heavy atom. The number of nitrogens with one attached hydrogen (secondary N) is 1. The fraction of sp³-hybridized carbons (Fsp3) is 0.182. The van der Waals surface area contributed by atoms with Gasteiger partial charge in [0.1, 0.15) is 5.69 Å². The van der Waals surface area contributed by atoms with Crippen LogP contribution < -0.4 is 10.9 Å². The van der Waals surface area contributed by atoms with Crippen LogP contribution in [0.5, 0.6) is 0 Å². The van der Waals surface area contributed by atoms with Crippen molar-refractivity contribution in [1.82, 2.24) is 4.57 Å². The number of aromatic nitrogens is 1. The second-order valence-electron chi connectivity index (χ2n) is 3.53. The minimum Gasteiger partial charge on any atom is -0.388 e. The molecule has 1 heterocycles. The number of anilines is 1. The van der Waals surface area contributed by atoms with Gasteiger partial charge in [0.2, 0.25) is 0 Å². The first-order valence-corrected chi connectivity index (χ1v) is 4.82. The van der Waals surface area contributed by atoms with Gasteiger partial charge in [-0.2, -0.15) is 0 Å². The summed E-state index contributed by atoms with van der Waals surface area (Å²) in [5.74, 6) is 0. The van der Waals surface area contributed by atoms with Crippen LogP contribution in [-0.2, 0) is 7.05 Å². The number of hydrogen-bond donors (Lipinski definition) is 1. The van der Waals surface area contributed by atoms with Gasteiger partial charge < -0.3 is 9.88 Å². The van der Waals surface area contributed by atoms with E-state index < -0.39 is 0 Å². The zero-order valence-corrected chi connectivity index (χ0v) is 9.02. The van der Waals surface area contributed by atoms with Crippen molar-refractivity contribution < 1.29 is 0 Å². The lowest BCUT2D eigenvalue weighted by Crippen LogP contribution is -2.15. The van der Waals surface area contributed by atoms with E-state index in [-0.39, 0.29) is 11.2 Å². The Morgan fingerprint density at radius 1 is 1.31 bits per heavy atom. The Balaban J connectivity index is 2.93. The van der Waals surface area contributed by atoms with Gasteiger partial charge in [0.15, 0.2) is 0 Å². The van der Waals surface area contributed by atoms with Crippen LogP contribution in [0.15, 0.2) is 34.4 Å². The molecule has 0 spiro atoms. The second kappa shape index (κ2) is 3.77. The van der Waals surface area contributed by atoms with E-state index in [4.69, 9.17) is 0 Å². The first-order valence-electron chi connectivity index (χ1n) is 4.82. The van der Waals surface area contributed by atoms with Gasteiger partial charge >= 0.3 is 0 Å². The third-order valence-corrected chi connectivity index (χ3v) is 2.55. The summed E-state index contributed by atoms with van der Waals surface area (Å²) < 4.78 is 1.36. The number of benzene rings is 1. The summed E-state index contributed by atoms with van der Waals surface area (Å²) >= 11 is 0. The van der Waals surface area contributed by atoms with Crippen molar-refractivity contribution in [3.05, 3.63) is 39.7 Å².